The minimum absolute atomic E-state index is 0.0480. The second-order valence-electron chi connectivity index (χ2n) is 7.75. The predicted octanol–water partition coefficient (Wildman–Crippen LogP) is 5.23. The molecular weight excluding hydrogens is 410 g/mol. The van der Waals surface area contributed by atoms with E-state index in [4.69, 9.17) is 4.74 Å². The molecule has 0 N–H and O–H groups in total. The number of sulfonamides is 1. The van der Waals surface area contributed by atoms with Gasteiger partial charge in [-0.1, -0.05) is 62.4 Å². The van der Waals surface area contributed by atoms with Gasteiger partial charge in [-0.3, -0.25) is 4.79 Å². The topological polar surface area (TPSA) is 63.7 Å². The number of carbonyl (C=O) groups is 1. The predicted molar refractivity (Wildman–Crippen MR) is 123 cm³/mol. The smallest absolute Gasteiger partial charge is 0.278 e. The average Bonchev–Trinajstić information content (AvgIpc) is 2.75. The highest BCUT2D eigenvalue weighted by Gasteiger charge is 2.32. The summed E-state index contributed by atoms with van der Waals surface area (Å²) in [5.41, 5.74) is 2.82. The van der Waals surface area contributed by atoms with Crippen LogP contribution in [0.1, 0.15) is 36.5 Å². The zero-order chi connectivity index (χ0) is 22.6. The molecule has 0 bridgehead atoms. The number of amides is 1. The number of carbonyl (C=O) groups excluding carboxylic acids is 1. The van der Waals surface area contributed by atoms with Crippen LogP contribution in [0.2, 0.25) is 0 Å². The lowest BCUT2D eigenvalue weighted by Crippen LogP contribution is -2.40. The molecule has 31 heavy (non-hydrogen) atoms. The van der Waals surface area contributed by atoms with Gasteiger partial charge in [0.25, 0.3) is 15.9 Å². The number of anilines is 1. The lowest BCUT2D eigenvalue weighted by molar-refractivity contribution is -0.119. The molecule has 5 nitrogen and oxygen atoms in total. The Morgan fingerprint density at radius 3 is 2.26 bits per heavy atom. The molecule has 3 rings (SSSR count). The highest BCUT2D eigenvalue weighted by atomic mass is 32.2. The second-order valence-corrected chi connectivity index (χ2v) is 9.53. The third-order valence-corrected chi connectivity index (χ3v) is 6.73. The highest BCUT2D eigenvalue weighted by Crippen LogP contribution is 2.29. The summed E-state index contributed by atoms with van der Waals surface area (Å²) < 4.78 is 33.6. The summed E-state index contributed by atoms with van der Waals surface area (Å²) in [5.74, 6) is 0.120. The maximum absolute atomic E-state index is 13.5. The molecule has 0 spiro atoms. The molecule has 0 aliphatic rings. The Morgan fingerprint density at radius 1 is 0.935 bits per heavy atom. The molecule has 1 amide bonds. The fourth-order valence-corrected chi connectivity index (χ4v) is 4.81. The first kappa shape index (κ1) is 22.6. The number of aryl methyl sites for hydroxylation is 2. The first-order valence-corrected chi connectivity index (χ1v) is 11.6. The number of hydrogen-bond acceptors (Lipinski definition) is 4. The van der Waals surface area contributed by atoms with E-state index in [1.807, 2.05) is 45.0 Å². The summed E-state index contributed by atoms with van der Waals surface area (Å²) in [4.78, 5) is 13.4. The van der Waals surface area contributed by atoms with Crippen molar-refractivity contribution in [1.29, 1.82) is 0 Å². The van der Waals surface area contributed by atoms with Crippen molar-refractivity contribution in [2.75, 3.05) is 10.9 Å². The second kappa shape index (κ2) is 9.35. The summed E-state index contributed by atoms with van der Waals surface area (Å²) in [6, 6.07) is 20.8. The Morgan fingerprint density at radius 2 is 1.58 bits per heavy atom. The maximum atomic E-state index is 13.5. The molecule has 6 heteroatoms. The van der Waals surface area contributed by atoms with Gasteiger partial charge in [-0.15, -0.1) is 0 Å². The van der Waals surface area contributed by atoms with Crippen LogP contribution in [-0.4, -0.2) is 20.9 Å². The van der Waals surface area contributed by atoms with Gasteiger partial charge in [0.05, 0.1) is 10.6 Å². The van der Waals surface area contributed by atoms with E-state index in [9.17, 15) is 13.2 Å². The van der Waals surface area contributed by atoms with Crippen LogP contribution >= 0.6 is 0 Å². The number of rotatable bonds is 7. The molecule has 162 valence electrons. The fourth-order valence-electron chi connectivity index (χ4n) is 3.32. The zero-order valence-corrected chi connectivity index (χ0v) is 19.0. The maximum Gasteiger partial charge on any atom is 0.278 e. The minimum atomic E-state index is -4.12. The number of ether oxygens (including phenoxy) is 1. The molecule has 3 aromatic rings. The van der Waals surface area contributed by atoms with Gasteiger partial charge < -0.3 is 4.74 Å². The fraction of sp³-hybridized carbons (Fsp3) is 0.240. The van der Waals surface area contributed by atoms with E-state index in [2.05, 4.69) is 0 Å². The van der Waals surface area contributed by atoms with Crippen LogP contribution in [0.3, 0.4) is 0 Å². The molecule has 0 saturated heterocycles. The molecule has 0 radical (unpaired) electrons. The van der Waals surface area contributed by atoms with Crippen molar-refractivity contribution < 1.29 is 17.9 Å². The Bertz CT molecular complexity index is 1170. The van der Waals surface area contributed by atoms with Gasteiger partial charge in [0.1, 0.15) is 5.75 Å². The largest absolute Gasteiger partial charge is 0.483 e. The highest BCUT2D eigenvalue weighted by molar-refractivity contribution is 7.93. The lowest BCUT2D eigenvalue weighted by atomic mass is 10.0. The number of hydrogen-bond donors (Lipinski definition) is 0. The Kier molecular flexibility index (Phi) is 6.81. The van der Waals surface area contributed by atoms with Crippen molar-refractivity contribution in [3.05, 3.63) is 89.5 Å². The van der Waals surface area contributed by atoms with Crippen LogP contribution in [0.25, 0.3) is 0 Å². The number of nitrogens with zero attached hydrogens (tertiary/aromatic N) is 1. The Hall–Kier alpha value is -3.12. The first-order valence-electron chi connectivity index (χ1n) is 10.1. The van der Waals surface area contributed by atoms with Gasteiger partial charge >= 0.3 is 0 Å². The molecule has 3 aromatic carbocycles. The van der Waals surface area contributed by atoms with Crippen LogP contribution in [0, 0.1) is 13.8 Å². The van der Waals surface area contributed by atoms with Crippen molar-refractivity contribution in [2.45, 2.75) is 38.5 Å². The molecule has 0 aromatic heterocycles. The lowest BCUT2D eigenvalue weighted by Gasteiger charge is -2.25. The van der Waals surface area contributed by atoms with Crippen molar-refractivity contribution in [3.63, 3.8) is 0 Å². The number of benzene rings is 3. The van der Waals surface area contributed by atoms with Crippen molar-refractivity contribution in [1.82, 2.24) is 0 Å². The van der Waals surface area contributed by atoms with Gasteiger partial charge in [-0.25, -0.2) is 8.42 Å². The minimum Gasteiger partial charge on any atom is -0.483 e. The SMILES string of the molecule is Cc1ccc(C)c(N(C(=O)COc2ccccc2C(C)C)S(=O)(=O)c2ccccc2)c1. The average molecular weight is 438 g/mol. The summed E-state index contributed by atoms with van der Waals surface area (Å²) in [6.45, 7) is 7.31. The van der Waals surface area contributed by atoms with E-state index in [-0.39, 0.29) is 10.8 Å². The summed E-state index contributed by atoms with van der Waals surface area (Å²) in [5, 5.41) is 0. The van der Waals surface area contributed by atoms with E-state index < -0.39 is 22.5 Å². The number of para-hydroxylation sites is 1. The van der Waals surface area contributed by atoms with Gasteiger partial charge in [0.2, 0.25) is 0 Å². The summed E-state index contributed by atoms with van der Waals surface area (Å²) >= 11 is 0. The molecule has 0 heterocycles. The monoisotopic (exact) mass is 437 g/mol. The van der Waals surface area contributed by atoms with Crippen LogP contribution in [0.4, 0.5) is 5.69 Å². The summed E-state index contributed by atoms with van der Waals surface area (Å²) in [6.07, 6.45) is 0. The normalized spacial score (nSPS) is 11.4. The van der Waals surface area contributed by atoms with Gasteiger partial charge in [0, 0.05) is 0 Å². The third kappa shape index (κ3) is 4.97. The zero-order valence-electron chi connectivity index (χ0n) is 18.2. The van der Waals surface area contributed by atoms with Crippen molar-refractivity contribution in [3.8, 4) is 5.75 Å². The van der Waals surface area contributed by atoms with Crippen LogP contribution in [0.15, 0.2) is 77.7 Å². The molecular formula is C25H27NO4S. The Labute approximate surface area is 184 Å². The molecule has 0 unspecified atom stereocenters. The van der Waals surface area contributed by atoms with E-state index >= 15 is 0 Å². The summed E-state index contributed by atoms with van der Waals surface area (Å²) in [7, 11) is -4.12. The van der Waals surface area contributed by atoms with E-state index in [1.54, 1.807) is 43.3 Å². The molecule has 0 aliphatic carbocycles. The molecule has 0 aliphatic heterocycles. The van der Waals surface area contributed by atoms with E-state index in [0.29, 0.717) is 17.0 Å². The van der Waals surface area contributed by atoms with Gasteiger partial charge in [-0.05, 0) is 60.7 Å². The van der Waals surface area contributed by atoms with Crippen LogP contribution in [0.5, 0.6) is 5.75 Å². The van der Waals surface area contributed by atoms with Crippen LogP contribution in [-0.2, 0) is 14.8 Å². The van der Waals surface area contributed by atoms with E-state index in [1.165, 1.54) is 12.1 Å². The van der Waals surface area contributed by atoms with E-state index in [0.717, 1.165) is 15.4 Å². The third-order valence-electron chi connectivity index (χ3n) is 4.98. The van der Waals surface area contributed by atoms with Gasteiger partial charge in [-0.2, -0.15) is 4.31 Å². The molecule has 0 atom stereocenters. The Balaban J connectivity index is 2.01. The molecule has 0 saturated carbocycles. The van der Waals surface area contributed by atoms with Crippen molar-refractivity contribution >= 4 is 21.6 Å². The quantitative estimate of drug-likeness (QED) is 0.508. The molecule has 0 fully saturated rings. The van der Waals surface area contributed by atoms with Crippen molar-refractivity contribution in [2.24, 2.45) is 0 Å². The first-order chi connectivity index (χ1) is 14.7. The standard InChI is InChI=1S/C25H27NO4S/c1-18(2)22-12-8-9-13-24(22)30-17-25(27)26(23-16-19(3)14-15-20(23)4)31(28,29)21-10-6-5-7-11-21/h5-16,18H,17H2,1-4H3. The van der Waals surface area contributed by atoms with Gasteiger partial charge in [0.15, 0.2) is 6.61 Å². The van der Waals surface area contributed by atoms with Crippen LogP contribution < -0.4 is 9.04 Å².